The van der Waals surface area contributed by atoms with Gasteiger partial charge in [-0.1, -0.05) is 6.07 Å². The number of carboxylic acids is 1. The summed E-state index contributed by atoms with van der Waals surface area (Å²) < 4.78 is 0. The van der Waals surface area contributed by atoms with Crippen LogP contribution in [0.15, 0.2) is 24.3 Å². The average Bonchev–Trinajstić information content (AvgIpc) is 2.52. The van der Waals surface area contributed by atoms with E-state index in [1.165, 1.54) is 6.07 Å². The first kappa shape index (κ1) is 16.0. The van der Waals surface area contributed by atoms with Gasteiger partial charge in [0.15, 0.2) is 0 Å². The molecule has 3 N–H and O–H groups in total. The van der Waals surface area contributed by atoms with Crippen molar-refractivity contribution in [3.05, 3.63) is 35.4 Å². The minimum absolute atomic E-state index is 0.0514. The standard InChI is InChI=1S/C16H20N2O4/c17-15(21)11-4-3-5-12(10-11)16(22)18-9-2-1-6-13(18)7-8-14(19)20/h3-5,10,13H,1-2,6-9H2,(H2,17,21)(H,19,20)/t13-/m1/s1. The van der Waals surface area contributed by atoms with Gasteiger partial charge in [-0.3, -0.25) is 14.4 Å². The molecule has 1 aliphatic heterocycles. The number of nitrogens with two attached hydrogens (primary N) is 1. The van der Waals surface area contributed by atoms with Gasteiger partial charge in [-0.15, -0.1) is 0 Å². The number of rotatable bonds is 5. The van der Waals surface area contributed by atoms with Gasteiger partial charge >= 0.3 is 5.97 Å². The Labute approximate surface area is 128 Å². The molecule has 0 saturated carbocycles. The lowest BCUT2D eigenvalue weighted by atomic mass is 9.96. The van der Waals surface area contributed by atoms with E-state index in [9.17, 15) is 14.4 Å². The van der Waals surface area contributed by atoms with Crippen molar-refractivity contribution in [1.82, 2.24) is 4.90 Å². The number of aliphatic carboxylic acids is 1. The van der Waals surface area contributed by atoms with E-state index >= 15 is 0 Å². The summed E-state index contributed by atoms with van der Waals surface area (Å²) in [5, 5.41) is 8.83. The number of carbonyl (C=O) groups is 3. The number of piperidine rings is 1. The number of nitrogens with zero attached hydrogens (tertiary/aromatic N) is 1. The van der Waals surface area contributed by atoms with E-state index in [0.717, 1.165) is 19.3 Å². The Kier molecular flexibility index (Phi) is 5.14. The lowest BCUT2D eigenvalue weighted by Crippen LogP contribution is -2.44. The number of carbonyl (C=O) groups excluding carboxylic acids is 2. The van der Waals surface area contributed by atoms with Crippen LogP contribution in [0, 0.1) is 0 Å². The van der Waals surface area contributed by atoms with Gasteiger partial charge in [-0.2, -0.15) is 0 Å². The van der Waals surface area contributed by atoms with Gasteiger partial charge in [0.05, 0.1) is 0 Å². The highest BCUT2D eigenvalue weighted by Gasteiger charge is 2.28. The molecule has 1 saturated heterocycles. The summed E-state index contributed by atoms with van der Waals surface area (Å²) >= 11 is 0. The summed E-state index contributed by atoms with van der Waals surface area (Å²) in [5.41, 5.74) is 5.95. The van der Waals surface area contributed by atoms with E-state index < -0.39 is 11.9 Å². The number of hydrogen-bond donors (Lipinski definition) is 2. The van der Waals surface area contributed by atoms with Crippen molar-refractivity contribution >= 4 is 17.8 Å². The zero-order valence-corrected chi connectivity index (χ0v) is 12.3. The van der Waals surface area contributed by atoms with Crippen LogP contribution in [0.1, 0.15) is 52.8 Å². The third-order valence-corrected chi connectivity index (χ3v) is 3.97. The molecule has 2 amide bonds. The molecule has 0 aliphatic carbocycles. The second kappa shape index (κ2) is 7.06. The first-order valence-electron chi connectivity index (χ1n) is 7.41. The van der Waals surface area contributed by atoms with Crippen molar-refractivity contribution in [2.24, 2.45) is 5.73 Å². The maximum Gasteiger partial charge on any atom is 0.303 e. The fourth-order valence-corrected chi connectivity index (χ4v) is 2.83. The largest absolute Gasteiger partial charge is 0.481 e. The number of primary amides is 1. The minimum Gasteiger partial charge on any atom is -0.481 e. The van der Waals surface area contributed by atoms with Crippen molar-refractivity contribution in [3.8, 4) is 0 Å². The Morgan fingerprint density at radius 1 is 1.23 bits per heavy atom. The fourth-order valence-electron chi connectivity index (χ4n) is 2.83. The Morgan fingerprint density at radius 3 is 2.64 bits per heavy atom. The fraction of sp³-hybridized carbons (Fsp3) is 0.438. The van der Waals surface area contributed by atoms with Crippen molar-refractivity contribution in [1.29, 1.82) is 0 Å². The number of hydrogen-bond acceptors (Lipinski definition) is 3. The van der Waals surface area contributed by atoms with E-state index in [-0.39, 0.29) is 18.4 Å². The van der Waals surface area contributed by atoms with Crippen LogP contribution >= 0.6 is 0 Å². The second-order valence-corrected chi connectivity index (χ2v) is 5.53. The predicted molar refractivity (Wildman–Crippen MR) is 80.5 cm³/mol. The van der Waals surface area contributed by atoms with Crippen LogP contribution in [0.2, 0.25) is 0 Å². The van der Waals surface area contributed by atoms with Crippen LogP contribution in [-0.2, 0) is 4.79 Å². The first-order chi connectivity index (χ1) is 10.5. The monoisotopic (exact) mass is 304 g/mol. The molecule has 0 aromatic heterocycles. The van der Waals surface area contributed by atoms with Gasteiger partial charge in [-0.25, -0.2) is 0 Å². The first-order valence-corrected chi connectivity index (χ1v) is 7.41. The summed E-state index contributed by atoms with van der Waals surface area (Å²) in [6, 6.07) is 6.28. The van der Waals surface area contributed by atoms with Crippen LogP contribution in [0.25, 0.3) is 0 Å². The molecule has 1 atom stereocenters. The van der Waals surface area contributed by atoms with E-state index in [2.05, 4.69) is 0 Å². The number of benzene rings is 1. The molecule has 6 heteroatoms. The van der Waals surface area contributed by atoms with Gasteiger partial charge in [0.1, 0.15) is 0 Å². The summed E-state index contributed by atoms with van der Waals surface area (Å²) in [7, 11) is 0. The Balaban J connectivity index is 2.16. The molecule has 1 aliphatic rings. The van der Waals surface area contributed by atoms with Gasteiger partial charge < -0.3 is 15.7 Å². The van der Waals surface area contributed by atoms with Crippen LogP contribution in [0.3, 0.4) is 0 Å². The highest BCUT2D eigenvalue weighted by atomic mass is 16.4. The lowest BCUT2D eigenvalue weighted by Gasteiger charge is -2.35. The van der Waals surface area contributed by atoms with Crippen LogP contribution in [-0.4, -0.2) is 40.4 Å². The normalized spacial score (nSPS) is 18.0. The number of carboxylic acid groups (broad SMARTS) is 1. The quantitative estimate of drug-likeness (QED) is 0.863. The van der Waals surface area contributed by atoms with Crippen molar-refractivity contribution in [3.63, 3.8) is 0 Å². The van der Waals surface area contributed by atoms with Gasteiger partial charge in [0.2, 0.25) is 5.91 Å². The molecule has 118 valence electrons. The smallest absolute Gasteiger partial charge is 0.303 e. The summed E-state index contributed by atoms with van der Waals surface area (Å²) in [6.07, 6.45) is 3.22. The van der Waals surface area contributed by atoms with Crippen LogP contribution in [0.5, 0.6) is 0 Å². The Bertz CT molecular complexity index is 585. The van der Waals surface area contributed by atoms with E-state index in [4.69, 9.17) is 10.8 Å². The van der Waals surface area contributed by atoms with Gasteiger partial charge in [0, 0.05) is 30.1 Å². The molecule has 1 heterocycles. The molecular formula is C16H20N2O4. The van der Waals surface area contributed by atoms with E-state index in [0.29, 0.717) is 24.1 Å². The predicted octanol–water partition coefficient (Wildman–Crippen LogP) is 1.65. The third-order valence-electron chi connectivity index (χ3n) is 3.97. The molecule has 2 rings (SSSR count). The molecule has 1 fully saturated rings. The maximum absolute atomic E-state index is 12.7. The molecule has 22 heavy (non-hydrogen) atoms. The molecule has 0 spiro atoms. The minimum atomic E-state index is -0.853. The number of likely N-dealkylation sites (tertiary alicyclic amines) is 1. The topological polar surface area (TPSA) is 101 Å². The molecule has 0 radical (unpaired) electrons. The highest BCUT2D eigenvalue weighted by Crippen LogP contribution is 2.23. The van der Waals surface area contributed by atoms with E-state index in [1.807, 2.05) is 0 Å². The van der Waals surface area contributed by atoms with Crippen LogP contribution < -0.4 is 5.73 Å². The molecule has 0 bridgehead atoms. The molecule has 6 nitrogen and oxygen atoms in total. The average molecular weight is 304 g/mol. The zero-order chi connectivity index (χ0) is 16.1. The summed E-state index contributed by atoms with van der Waals surface area (Å²) in [6.45, 7) is 0.615. The molecule has 1 aromatic carbocycles. The lowest BCUT2D eigenvalue weighted by molar-refractivity contribution is -0.137. The number of amides is 2. The maximum atomic E-state index is 12.7. The Morgan fingerprint density at radius 2 is 1.95 bits per heavy atom. The molecular weight excluding hydrogens is 284 g/mol. The molecule has 0 unspecified atom stereocenters. The summed E-state index contributed by atoms with van der Waals surface area (Å²) in [4.78, 5) is 36.4. The molecule has 1 aromatic rings. The van der Waals surface area contributed by atoms with E-state index in [1.54, 1.807) is 23.1 Å². The van der Waals surface area contributed by atoms with Crippen LogP contribution in [0.4, 0.5) is 0 Å². The van der Waals surface area contributed by atoms with Crippen molar-refractivity contribution < 1.29 is 19.5 Å². The zero-order valence-electron chi connectivity index (χ0n) is 12.3. The second-order valence-electron chi connectivity index (χ2n) is 5.53. The van der Waals surface area contributed by atoms with Gasteiger partial charge in [-0.05, 0) is 43.9 Å². The Hall–Kier alpha value is -2.37. The highest BCUT2D eigenvalue weighted by molar-refractivity contribution is 5.99. The van der Waals surface area contributed by atoms with Gasteiger partial charge in [0.25, 0.3) is 5.91 Å². The third kappa shape index (κ3) is 3.84. The van der Waals surface area contributed by atoms with Crippen molar-refractivity contribution in [2.75, 3.05) is 6.54 Å². The summed E-state index contributed by atoms with van der Waals surface area (Å²) in [5.74, 6) is -1.59. The SMILES string of the molecule is NC(=O)c1cccc(C(=O)N2CCCC[C@@H]2CCC(=O)O)c1. The van der Waals surface area contributed by atoms with Crippen molar-refractivity contribution in [2.45, 2.75) is 38.1 Å².